The quantitative estimate of drug-likeness (QED) is 0.634. The first-order valence-corrected chi connectivity index (χ1v) is 11.3. The van der Waals surface area contributed by atoms with Crippen LogP contribution >= 0.6 is 0 Å². The van der Waals surface area contributed by atoms with E-state index in [1.807, 2.05) is 48.5 Å². The van der Waals surface area contributed by atoms with Gasteiger partial charge in [0.1, 0.15) is 6.61 Å². The Bertz CT molecular complexity index is 1110. The summed E-state index contributed by atoms with van der Waals surface area (Å²) in [6.07, 6.45) is -6.24. The van der Waals surface area contributed by atoms with Crippen molar-refractivity contribution in [3.8, 4) is 11.1 Å². The van der Waals surface area contributed by atoms with Crippen molar-refractivity contribution in [3.05, 3.63) is 59.7 Å². The van der Waals surface area contributed by atoms with Crippen LogP contribution in [0.3, 0.4) is 0 Å². The van der Waals surface area contributed by atoms with Gasteiger partial charge in [-0.3, -0.25) is 9.59 Å². The summed E-state index contributed by atoms with van der Waals surface area (Å²) in [6.45, 7) is 0.910. The smallest absolute Gasteiger partial charge is 0.417 e. The zero-order chi connectivity index (χ0) is 25.4. The highest BCUT2D eigenvalue weighted by atomic mass is 19.4. The lowest BCUT2D eigenvalue weighted by atomic mass is 9.84. The van der Waals surface area contributed by atoms with Crippen LogP contribution in [0.25, 0.3) is 11.1 Å². The molecule has 2 unspecified atom stereocenters. The zero-order valence-corrected chi connectivity index (χ0v) is 19.0. The van der Waals surface area contributed by atoms with Gasteiger partial charge in [-0.1, -0.05) is 55.5 Å². The number of alkyl carbamates (subject to hydrolysis) is 1. The van der Waals surface area contributed by atoms with Gasteiger partial charge in [-0.2, -0.15) is 13.2 Å². The second-order valence-electron chi connectivity index (χ2n) is 8.89. The highest BCUT2D eigenvalue weighted by molar-refractivity contribution is 5.88. The molecule has 0 saturated carbocycles. The molecule has 186 valence electrons. The van der Waals surface area contributed by atoms with E-state index in [0.29, 0.717) is 0 Å². The van der Waals surface area contributed by atoms with Crippen molar-refractivity contribution >= 4 is 18.0 Å². The van der Waals surface area contributed by atoms with Crippen molar-refractivity contribution in [2.75, 3.05) is 19.7 Å². The van der Waals surface area contributed by atoms with Gasteiger partial charge >= 0.3 is 18.2 Å². The Kier molecular flexibility index (Phi) is 6.48. The Labute approximate surface area is 199 Å². The molecule has 1 fully saturated rings. The van der Waals surface area contributed by atoms with Gasteiger partial charge in [0.2, 0.25) is 6.04 Å². The number of amides is 2. The second kappa shape index (κ2) is 9.24. The molecule has 2 atom stereocenters. The molecule has 10 heteroatoms. The van der Waals surface area contributed by atoms with E-state index in [0.717, 1.165) is 27.2 Å². The molecule has 2 aliphatic rings. The summed E-state index contributed by atoms with van der Waals surface area (Å²) >= 11 is 0. The number of hydrogen-bond acceptors (Lipinski definition) is 4. The maximum absolute atomic E-state index is 13.7. The van der Waals surface area contributed by atoms with E-state index in [1.54, 1.807) is 12.2 Å². The van der Waals surface area contributed by atoms with Crippen LogP contribution in [0.1, 0.15) is 36.8 Å². The topological polar surface area (TPSA) is 95.9 Å². The number of alkyl halides is 3. The number of carbonyl (C=O) groups is 3. The van der Waals surface area contributed by atoms with Gasteiger partial charge in [0.15, 0.2) is 0 Å². The average Bonchev–Trinajstić information content (AvgIpc) is 3.41. The van der Waals surface area contributed by atoms with Gasteiger partial charge in [0, 0.05) is 19.0 Å². The first kappa shape index (κ1) is 24.6. The van der Waals surface area contributed by atoms with Crippen LogP contribution in [-0.2, 0) is 14.3 Å². The molecule has 0 radical (unpaired) electrons. The van der Waals surface area contributed by atoms with Crippen LogP contribution in [0.15, 0.2) is 48.5 Å². The Balaban J connectivity index is 1.45. The van der Waals surface area contributed by atoms with Crippen LogP contribution < -0.4 is 5.32 Å². The lowest BCUT2D eigenvalue weighted by Crippen LogP contribution is -2.56. The van der Waals surface area contributed by atoms with Gasteiger partial charge < -0.3 is 20.1 Å². The number of ether oxygens (including phenoxy) is 1. The van der Waals surface area contributed by atoms with Crippen LogP contribution in [0.5, 0.6) is 0 Å². The fraction of sp³-hybridized carbons (Fsp3) is 0.400. The lowest BCUT2D eigenvalue weighted by Gasteiger charge is -2.27. The normalized spacial score (nSPS) is 20.2. The summed E-state index contributed by atoms with van der Waals surface area (Å²) in [5.41, 5.74) is 2.42. The molecule has 2 N–H and O–H groups in total. The number of nitrogens with one attached hydrogen (secondary N) is 1. The number of carboxylic acid groups (broad SMARTS) is 1. The van der Waals surface area contributed by atoms with Crippen molar-refractivity contribution in [2.45, 2.75) is 37.9 Å². The number of halogens is 3. The van der Waals surface area contributed by atoms with E-state index in [9.17, 15) is 32.7 Å². The van der Waals surface area contributed by atoms with E-state index in [1.165, 1.54) is 0 Å². The molecule has 0 aromatic heterocycles. The van der Waals surface area contributed by atoms with E-state index >= 15 is 0 Å². The first-order valence-electron chi connectivity index (χ1n) is 11.3. The van der Waals surface area contributed by atoms with E-state index in [2.05, 4.69) is 0 Å². The van der Waals surface area contributed by atoms with Gasteiger partial charge in [-0.25, -0.2) is 4.79 Å². The largest absolute Gasteiger partial charge is 0.481 e. The molecule has 7 nitrogen and oxygen atoms in total. The summed E-state index contributed by atoms with van der Waals surface area (Å²) in [7, 11) is 0. The third kappa shape index (κ3) is 4.56. The molecule has 1 aliphatic carbocycles. The van der Waals surface area contributed by atoms with Crippen LogP contribution in [0, 0.1) is 5.41 Å². The van der Waals surface area contributed by atoms with Crippen molar-refractivity contribution < 1.29 is 37.4 Å². The lowest BCUT2D eigenvalue weighted by molar-refractivity contribution is -0.174. The number of likely N-dealkylation sites (tertiary alicyclic amines) is 1. The monoisotopic (exact) mass is 490 g/mol. The van der Waals surface area contributed by atoms with Gasteiger partial charge in [-0.05, 0) is 35.1 Å². The van der Waals surface area contributed by atoms with E-state index in [4.69, 9.17) is 4.74 Å². The molecule has 1 aliphatic heterocycles. The molecule has 4 rings (SSSR count). The zero-order valence-electron chi connectivity index (χ0n) is 19.0. The third-order valence-corrected chi connectivity index (χ3v) is 6.98. The average molecular weight is 490 g/mol. The van der Waals surface area contributed by atoms with Crippen molar-refractivity contribution in [1.29, 1.82) is 0 Å². The second-order valence-corrected chi connectivity index (χ2v) is 8.89. The molecule has 0 spiro atoms. The molecule has 35 heavy (non-hydrogen) atoms. The number of rotatable bonds is 6. The van der Waals surface area contributed by atoms with Crippen LogP contribution in [0.2, 0.25) is 0 Å². The number of carbonyl (C=O) groups excluding carboxylic acids is 2. The molecule has 2 aromatic carbocycles. The molecule has 0 bridgehead atoms. The standard InChI is InChI=1S/C25H25F3N2O5/c1-2-24(22(32)33)11-12-30(14-24)21(31)20(25(26,27)28)29-23(34)35-13-19-17-9-5-3-7-15(17)16-8-4-6-10-18(16)19/h3-10,19-20H,2,11-14H2,1H3,(H,29,34)(H,32,33). The summed E-state index contributed by atoms with van der Waals surface area (Å²) in [5, 5.41) is 11.1. The predicted molar refractivity (Wildman–Crippen MR) is 120 cm³/mol. The fourth-order valence-electron chi connectivity index (χ4n) is 4.90. The molecule has 2 amide bonds. The number of fused-ring (bicyclic) bond motifs is 3. The van der Waals surface area contributed by atoms with E-state index in [-0.39, 0.29) is 38.5 Å². The Morgan fingerprint density at radius 2 is 1.69 bits per heavy atom. The minimum absolute atomic E-state index is 0.0418. The molecule has 1 heterocycles. The Hall–Kier alpha value is -3.56. The maximum Gasteiger partial charge on any atom is 0.417 e. The highest BCUT2D eigenvalue weighted by Gasteiger charge is 2.52. The third-order valence-electron chi connectivity index (χ3n) is 6.98. The number of benzene rings is 2. The highest BCUT2D eigenvalue weighted by Crippen LogP contribution is 2.44. The Morgan fingerprint density at radius 3 is 2.17 bits per heavy atom. The molecule has 2 aromatic rings. The van der Waals surface area contributed by atoms with Gasteiger partial charge in [-0.15, -0.1) is 0 Å². The van der Waals surface area contributed by atoms with Gasteiger partial charge in [0.25, 0.3) is 5.91 Å². The number of hydrogen-bond donors (Lipinski definition) is 2. The summed E-state index contributed by atoms with van der Waals surface area (Å²) in [6, 6.07) is 12.2. The molecule has 1 saturated heterocycles. The van der Waals surface area contributed by atoms with Crippen molar-refractivity contribution in [1.82, 2.24) is 10.2 Å². The van der Waals surface area contributed by atoms with Crippen molar-refractivity contribution in [3.63, 3.8) is 0 Å². The number of nitrogens with zero attached hydrogens (tertiary/aromatic N) is 1. The summed E-state index contributed by atoms with van der Waals surface area (Å²) in [4.78, 5) is 37.5. The minimum Gasteiger partial charge on any atom is -0.481 e. The predicted octanol–water partition coefficient (Wildman–Crippen LogP) is 4.17. The first-order chi connectivity index (χ1) is 16.6. The summed E-state index contributed by atoms with van der Waals surface area (Å²) in [5.74, 6) is -2.92. The van der Waals surface area contributed by atoms with Crippen LogP contribution in [0.4, 0.5) is 18.0 Å². The summed E-state index contributed by atoms with van der Waals surface area (Å²) < 4.78 is 46.3. The molecular weight excluding hydrogens is 465 g/mol. The fourth-order valence-corrected chi connectivity index (χ4v) is 4.90. The minimum atomic E-state index is -5.08. The maximum atomic E-state index is 13.7. The van der Waals surface area contributed by atoms with Crippen molar-refractivity contribution in [2.24, 2.45) is 5.41 Å². The Morgan fingerprint density at radius 1 is 1.11 bits per heavy atom. The van der Waals surface area contributed by atoms with E-state index < -0.39 is 35.6 Å². The number of carboxylic acids is 1. The van der Waals surface area contributed by atoms with Gasteiger partial charge in [0.05, 0.1) is 5.41 Å². The molecular formula is C25H25F3N2O5. The SMILES string of the molecule is CCC1(C(=O)O)CCN(C(=O)C(NC(=O)OCC2c3ccccc3-c3ccccc32)C(F)(F)F)C1. The number of aliphatic carboxylic acids is 1. The van der Waals surface area contributed by atoms with Crippen LogP contribution in [-0.4, -0.2) is 59.9 Å².